The van der Waals surface area contributed by atoms with Crippen molar-refractivity contribution >= 4 is 17.7 Å². The highest BCUT2D eigenvalue weighted by Gasteiger charge is 2.15. The first-order valence-electron chi connectivity index (χ1n) is 6.31. The van der Waals surface area contributed by atoms with Crippen LogP contribution < -0.4 is 10.5 Å². The van der Waals surface area contributed by atoms with Gasteiger partial charge in [0.05, 0.1) is 0 Å². The molecule has 2 aromatic rings. The fraction of sp³-hybridized carbons (Fsp3) is 0.214. The molecule has 2 rings (SSSR count). The number of carboxylic acid groups (broad SMARTS) is 1. The molecule has 1 atom stereocenters. The predicted molar refractivity (Wildman–Crippen MR) is 79.6 cm³/mol. The molecule has 0 fully saturated rings. The maximum Gasteiger partial charge on any atom is 0.320 e. The second-order valence-electron chi connectivity index (χ2n) is 4.39. The number of rotatable bonds is 6. The van der Waals surface area contributed by atoms with Crippen molar-refractivity contribution in [2.45, 2.75) is 17.6 Å². The first-order chi connectivity index (χ1) is 10.5. The normalized spacial score (nSPS) is 12.0. The summed E-state index contributed by atoms with van der Waals surface area (Å²) in [6.07, 6.45) is 3.29. The van der Waals surface area contributed by atoms with Gasteiger partial charge in [-0.2, -0.15) is 4.98 Å². The molecule has 0 aliphatic rings. The first kappa shape index (κ1) is 16.2. The third kappa shape index (κ3) is 4.15. The van der Waals surface area contributed by atoms with E-state index in [4.69, 9.17) is 15.6 Å². The number of carboxylic acids is 1. The number of thioether (sulfide) groups is 1. The van der Waals surface area contributed by atoms with Gasteiger partial charge in [0, 0.05) is 24.8 Å². The molecule has 6 nitrogen and oxygen atoms in total. The molecule has 1 heterocycles. The summed E-state index contributed by atoms with van der Waals surface area (Å²) < 4.78 is 19.4. The Morgan fingerprint density at radius 2 is 2.27 bits per heavy atom. The maximum atomic E-state index is 14.0. The second kappa shape index (κ2) is 7.19. The van der Waals surface area contributed by atoms with Crippen molar-refractivity contribution in [3.05, 3.63) is 41.8 Å². The quantitative estimate of drug-likeness (QED) is 0.620. The summed E-state index contributed by atoms with van der Waals surface area (Å²) in [7, 11) is 0. The van der Waals surface area contributed by atoms with E-state index in [2.05, 4.69) is 9.97 Å². The van der Waals surface area contributed by atoms with Gasteiger partial charge in [0.15, 0.2) is 5.16 Å². The van der Waals surface area contributed by atoms with Crippen molar-refractivity contribution < 1.29 is 19.0 Å². The van der Waals surface area contributed by atoms with Gasteiger partial charge in [0.25, 0.3) is 0 Å². The molecule has 0 radical (unpaired) electrons. The highest BCUT2D eigenvalue weighted by atomic mass is 32.2. The molecule has 0 aliphatic carbocycles. The predicted octanol–water partition coefficient (Wildman–Crippen LogP) is 2.08. The molecule has 1 aromatic carbocycles. The van der Waals surface area contributed by atoms with Crippen molar-refractivity contribution in [1.29, 1.82) is 0 Å². The van der Waals surface area contributed by atoms with Crippen LogP contribution in [0.25, 0.3) is 0 Å². The third-order valence-corrected chi connectivity index (χ3v) is 3.36. The Morgan fingerprint density at radius 3 is 2.91 bits per heavy atom. The summed E-state index contributed by atoms with van der Waals surface area (Å²) in [6.45, 7) is 0. The minimum Gasteiger partial charge on any atom is -0.480 e. The third-order valence-electron chi connectivity index (χ3n) is 2.79. The first-order valence-corrected chi connectivity index (χ1v) is 7.53. The number of hydrogen-bond acceptors (Lipinski definition) is 6. The van der Waals surface area contributed by atoms with E-state index in [0.29, 0.717) is 11.0 Å². The summed E-state index contributed by atoms with van der Waals surface area (Å²) in [5.41, 5.74) is 5.61. The SMILES string of the molecule is CSc1nccc(Oc2ccc(C[C@H](N)C(=O)O)c(F)c2)n1. The maximum absolute atomic E-state index is 14.0. The standard InChI is InChI=1S/C14H14FN3O3S/c1-22-14-17-5-4-12(18-14)21-9-3-2-8(10(15)7-9)6-11(16)13(19)20/h2-5,7,11H,6,16H2,1H3,(H,19,20)/t11-/m0/s1. The zero-order chi connectivity index (χ0) is 16.1. The van der Waals surface area contributed by atoms with Crippen molar-refractivity contribution in [3.8, 4) is 11.6 Å². The van der Waals surface area contributed by atoms with E-state index in [9.17, 15) is 9.18 Å². The van der Waals surface area contributed by atoms with Crippen LogP contribution in [0.4, 0.5) is 4.39 Å². The van der Waals surface area contributed by atoms with Gasteiger partial charge in [-0.1, -0.05) is 17.8 Å². The molecule has 1 aromatic heterocycles. The van der Waals surface area contributed by atoms with Crippen LogP contribution in [0.15, 0.2) is 35.6 Å². The van der Waals surface area contributed by atoms with Crippen LogP contribution in [-0.2, 0) is 11.2 Å². The molecule has 0 saturated heterocycles. The molecular weight excluding hydrogens is 309 g/mol. The van der Waals surface area contributed by atoms with E-state index in [1.807, 2.05) is 6.26 Å². The Balaban J connectivity index is 2.13. The minimum absolute atomic E-state index is 0.0917. The van der Waals surface area contributed by atoms with E-state index < -0.39 is 17.8 Å². The number of benzene rings is 1. The summed E-state index contributed by atoms with van der Waals surface area (Å²) in [5.74, 6) is -1.19. The van der Waals surface area contributed by atoms with Crippen LogP contribution in [0.3, 0.4) is 0 Å². The molecule has 116 valence electrons. The number of carbonyl (C=O) groups is 1. The van der Waals surface area contributed by atoms with Crippen LogP contribution in [0.1, 0.15) is 5.56 Å². The van der Waals surface area contributed by atoms with E-state index in [-0.39, 0.29) is 17.7 Å². The number of aromatic nitrogens is 2. The monoisotopic (exact) mass is 323 g/mol. The number of nitrogens with zero attached hydrogens (tertiary/aromatic N) is 2. The zero-order valence-corrected chi connectivity index (χ0v) is 12.5. The summed E-state index contributed by atoms with van der Waals surface area (Å²) >= 11 is 1.36. The Bertz CT molecular complexity index is 684. The fourth-order valence-electron chi connectivity index (χ4n) is 1.68. The van der Waals surface area contributed by atoms with Crippen LogP contribution in [-0.4, -0.2) is 33.3 Å². The van der Waals surface area contributed by atoms with Crippen LogP contribution in [0, 0.1) is 5.82 Å². The second-order valence-corrected chi connectivity index (χ2v) is 5.16. The number of halogens is 1. The van der Waals surface area contributed by atoms with Gasteiger partial charge in [-0.15, -0.1) is 0 Å². The lowest BCUT2D eigenvalue weighted by molar-refractivity contribution is -0.138. The fourth-order valence-corrected chi connectivity index (χ4v) is 2.03. The van der Waals surface area contributed by atoms with E-state index in [1.54, 1.807) is 12.3 Å². The van der Waals surface area contributed by atoms with Gasteiger partial charge in [-0.25, -0.2) is 9.37 Å². The van der Waals surface area contributed by atoms with Gasteiger partial charge >= 0.3 is 5.97 Å². The van der Waals surface area contributed by atoms with Crippen molar-refractivity contribution in [1.82, 2.24) is 9.97 Å². The van der Waals surface area contributed by atoms with E-state index in [1.165, 1.54) is 30.0 Å². The molecule has 0 unspecified atom stereocenters. The molecule has 8 heteroatoms. The van der Waals surface area contributed by atoms with Crippen LogP contribution in [0.5, 0.6) is 11.6 Å². The molecule has 0 saturated carbocycles. The van der Waals surface area contributed by atoms with Crippen molar-refractivity contribution in [2.24, 2.45) is 5.73 Å². The molecule has 0 amide bonds. The Morgan fingerprint density at radius 1 is 1.50 bits per heavy atom. The number of ether oxygens (including phenoxy) is 1. The lowest BCUT2D eigenvalue weighted by Crippen LogP contribution is -2.32. The summed E-state index contributed by atoms with van der Waals surface area (Å²) in [5, 5.41) is 9.29. The topological polar surface area (TPSA) is 98.3 Å². The zero-order valence-electron chi connectivity index (χ0n) is 11.7. The molecule has 0 spiro atoms. The average Bonchev–Trinajstić information content (AvgIpc) is 2.50. The van der Waals surface area contributed by atoms with Gasteiger partial charge in [0.1, 0.15) is 17.6 Å². The molecule has 0 aliphatic heterocycles. The van der Waals surface area contributed by atoms with Gasteiger partial charge in [-0.3, -0.25) is 4.79 Å². The van der Waals surface area contributed by atoms with Crippen LogP contribution in [0.2, 0.25) is 0 Å². The lowest BCUT2D eigenvalue weighted by atomic mass is 10.1. The van der Waals surface area contributed by atoms with Crippen LogP contribution >= 0.6 is 11.8 Å². The highest BCUT2D eigenvalue weighted by Crippen LogP contribution is 2.23. The number of nitrogens with two attached hydrogens (primary N) is 1. The van der Waals surface area contributed by atoms with E-state index in [0.717, 1.165) is 0 Å². The van der Waals surface area contributed by atoms with Gasteiger partial charge in [0.2, 0.25) is 5.88 Å². The van der Waals surface area contributed by atoms with Gasteiger partial charge in [-0.05, 0) is 17.9 Å². The lowest BCUT2D eigenvalue weighted by Gasteiger charge is -2.10. The number of aliphatic carboxylic acids is 1. The molecule has 22 heavy (non-hydrogen) atoms. The van der Waals surface area contributed by atoms with Crippen molar-refractivity contribution in [3.63, 3.8) is 0 Å². The summed E-state index contributed by atoms with van der Waals surface area (Å²) in [6, 6.07) is 4.57. The Kier molecular flexibility index (Phi) is 5.29. The van der Waals surface area contributed by atoms with E-state index >= 15 is 0 Å². The smallest absolute Gasteiger partial charge is 0.320 e. The summed E-state index contributed by atoms with van der Waals surface area (Å²) in [4.78, 5) is 18.8. The Labute approximate surface area is 130 Å². The van der Waals surface area contributed by atoms with Crippen molar-refractivity contribution in [2.75, 3.05) is 6.26 Å². The highest BCUT2D eigenvalue weighted by molar-refractivity contribution is 7.98. The largest absolute Gasteiger partial charge is 0.480 e. The Hall–Kier alpha value is -2.19. The average molecular weight is 323 g/mol. The minimum atomic E-state index is -1.18. The molecule has 3 N–H and O–H groups in total. The van der Waals surface area contributed by atoms with Gasteiger partial charge < -0.3 is 15.6 Å². The number of hydrogen-bond donors (Lipinski definition) is 2. The molecule has 0 bridgehead atoms. The molecular formula is C14H14FN3O3S.